The molecule has 2 aromatic carbocycles. The fourth-order valence-electron chi connectivity index (χ4n) is 5.15. The first-order valence-electron chi connectivity index (χ1n) is 12.1. The topological polar surface area (TPSA) is 91.2 Å². The van der Waals surface area contributed by atoms with Crippen molar-refractivity contribution in [1.29, 1.82) is 0 Å². The van der Waals surface area contributed by atoms with Crippen molar-refractivity contribution in [3.63, 3.8) is 0 Å². The molecule has 182 valence electrons. The van der Waals surface area contributed by atoms with Crippen molar-refractivity contribution < 1.29 is 4.39 Å². The fraction of sp³-hybridized carbons (Fsp3) is 0.296. The van der Waals surface area contributed by atoms with Gasteiger partial charge in [0.1, 0.15) is 5.82 Å². The van der Waals surface area contributed by atoms with Gasteiger partial charge in [-0.1, -0.05) is 44.2 Å². The van der Waals surface area contributed by atoms with Crippen LogP contribution in [0.15, 0.2) is 65.9 Å². The minimum absolute atomic E-state index is 0.273. The van der Waals surface area contributed by atoms with Gasteiger partial charge >= 0.3 is 0 Å². The van der Waals surface area contributed by atoms with E-state index in [2.05, 4.69) is 54.5 Å². The van der Waals surface area contributed by atoms with E-state index < -0.39 is 0 Å². The summed E-state index contributed by atoms with van der Waals surface area (Å²) in [6.07, 6.45) is 3.50. The highest BCUT2D eigenvalue weighted by atomic mass is 19.1. The van der Waals surface area contributed by atoms with Gasteiger partial charge in [-0.2, -0.15) is 20.1 Å². The molecule has 2 fully saturated rings. The normalized spacial score (nSPS) is 20.0. The Kier molecular flexibility index (Phi) is 5.47. The van der Waals surface area contributed by atoms with Crippen LogP contribution >= 0.6 is 0 Å². The summed E-state index contributed by atoms with van der Waals surface area (Å²) in [7, 11) is 0. The van der Waals surface area contributed by atoms with Gasteiger partial charge < -0.3 is 10.2 Å². The molecule has 2 unspecified atom stereocenters. The van der Waals surface area contributed by atoms with E-state index in [0.29, 0.717) is 41.6 Å². The lowest BCUT2D eigenvalue weighted by Crippen LogP contribution is -2.28. The van der Waals surface area contributed by atoms with Crippen LogP contribution in [-0.2, 0) is 6.54 Å². The Morgan fingerprint density at radius 1 is 1.03 bits per heavy atom. The van der Waals surface area contributed by atoms with Crippen molar-refractivity contribution in [3.05, 3.63) is 77.7 Å². The molecule has 1 saturated heterocycles. The standard InChI is InChI=1S/C27H27FN8/c1-27(2)21-15-36(16-22(21)27)26-33-24(30-13-17-6-5-7-19(28)12-17)32-25(34-26)35-31-14-18-10-11-29-23-9-4-3-8-20(18)23/h3-12,14,21-22H,13,15-16H2,1-2H3,(H2,30,32,33,34,35)/b31-14+. The molecule has 0 radical (unpaired) electrons. The molecule has 0 amide bonds. The Bertz CT molecular complexity index is 1430. The predicted molar refractivity (Wildman–Crippen MR) is 139 cm³/mol. The van der Waals surface area contributed by atoms with E-state index in [1.165, 1.54) is 12.1 Å². The molecule has 4 aromatic rings. The number of pyridine rings is 1. The van der Waals surface area contributed by atoms with Crippen molar-refractivity contribution >= 4 is 35.0 Å². The summed E-state index contributed by atoms with van der Waals surface area (Å²) < 4.78 is 13.6. The van der Waals surface area contributed by atoms with E-state index in [0.717, 1.165) is 35.1 Å². The van der Waals surface area contributed by atoms with Gasteiger partial charge in [0, 0.05) is 36.8 Å². The van der Waals surface area contributed by atoms with Crippen LogP contribution in [0.4, 0.5) is 22.2 Å². The second-order valence-electron chi connectivity index (χ2n) is 9.99. The van der Waals surface area contributed by atoms with Crippen molar-refractivity contribution in [2.45, 2.75) is 20.4 Å². The molecule has 2 aromatic heterocycles. The first-order chi connectivity index (χ1) is 17.5. The van der Waals surface area contributed by atoms with Crippen LogP contribution in [0.1, 0.15) is 25.0 Å². The second-order valence-corrected chi connectivity index (χ2v) is 9.99. The van der Waals surface area contributed by atoms with Gasteiger partial charge in [-0.05, 0) is 47.1 Å². The number of hydrogen-bond donors (Lipinski definition) is 2. The molecule has 0 bridgehead atoms. The van der Waals surface area contributed by atoms with Crippen molar-refractivity contribution in [3.8, 4) is 0 Å². The molecule has 2 atom stereocenters. The maximum absolute atomic E-state index is 13.6. The molecule has 6 rings (SSSR count). The average molecular weight is 483 g/mol. The number of hydrazone groups is 1. The van der Waals surface area contributed by atoms with Gasteiger partial charge in [-0.15, -0.1) is 0 Å². The zero-order valence-corrected chi connectivity index (χ0v) is 20.2. The van der Waals surface area contributed by atoms with E-state index in [1.54, 1.807) is 18.5 Å². The zero-order chi connectivity index (χ0) is 24.7. The minimum Gasteiger partial charge on any atom is -0.350 e. The number of fused-ring (bicyclic) bond motifs is 2. The summed E-state index contributed by atoms with van der Waals surface area (Å²) in [4.78, 5) is 20.4. The van der Waals surface area contributed by atoms with Crippen LogP contribution in [-0.4, -0.2) is 39.2 Å². The lowest BCUT2D eigenvalue weighted by atomic mass is 10.1. The number of nitrogens with one attached hydrogen (secondary N) is 2. The van der Waals surface area contributed by atoms with Crippen LogP contribution in [0.2, 0.25) is 0 Å². The highest BCUT2D eigenvalue weighted by Crippen LogP contribution is 2.62. The second kappa shape index (κ2) is 8.82. The lowest BCUT2D eigenvalue weighted by molar-refractivity contribution is 0.496. The molecule has 36 heavy (non-hydrogen) atoms. The Morgan fingerprint density at radius 3 is 2.67 bits per heavy atom. The summed E-state index contributed by atoms with van der Waals surface area (Å²) in [5.41, 5.74) is 6.01. The van der Waals surface area contributed by atoms with Gasteiger partial charge in [-0.25, -0.2) is 9.82 Å². The molecule has 1 aliphatic carbocycles. The van der Waals surface area contributed by atoms with E-state index in [-0.39, 0.29) is 5.82 Å². The maximum Gasteiger partial charge on any atom is 0.250 e. The van der Waals surface area contributed by atoms with Crippen molar-refractivity contribution in [2.24, 2.45) is 22.4 Å². The highest BCUT2D eigenvalue weighted by Gasteiger charge is 2.62. The molecule has 2 N–H and O–H groups in total. The van der Waals surface area contributed by atoms with Crippen LogP contribution in [0.3, 0.4) is 0 Å². The molecular weight excluding hydrogens is 455 g/mol. The number of anilines is 3. The van der Waals surface area contributed by atoms with Crippen molar-refractivity contribution in [1.82, 2.24) is 19.9 Å². The van der Waals surface area contributed by atoms with E-state index in [4.69, 9.17) is 0 Å². The number of benzene rings is 2. The van der Waals surface area contributed by atoms with Gasteiger partial charge in [0.2, 0.25) is 17.8 Å². The molecule has 2 aliphatic rings. The molecule has 9 heteroatoms. The third-order valence-corrected chi connectivity index (χ3v) is 7.42. The monoisotopic (exact) mass is 482 g/mol. The molecule has 1 aliphatic heterocycles. The number of aromatic nitrogens is 4. The first-order valence-corrected chi connectivity index (χ1v) is 12.1. The molecule has 1 saturated carbocycles. The molecule has 0 spiro atoms. The SMILES string of the molecule is CC1(C)C2CN(c3nc(NCc4cccc(F)c4)nc(N/N=C/c4ccnc5ccccc45)n3)CC21. The van der Waals surface area contributed by atoms with Gasteiger partial charge in [0.25, 0.3) is 0 Å². The third-order valence-electron chi connectivity index (χ3n) is 7.42. The summed E-state index contributed by atoms with van der Waals surface area (Å²) in [5, 5.41) is 8.62. The maximum atomic E-state index is 13.6. The van der Waals surface area contributed by atoms with E-state index >= 15 is 0 Å². The van der Waals surface area contributed by atoms with E-state index in [9.17, 15) is 4.39 Å². The fourth-order valence-corrected chi connectivity index (χ4v) is 5.15. The van der Waals surface area contributed by atoms with Crippen LogP contribution in [0.5, 0.6) is 0 Å². The smallest absolute Gasteiger partial charge is 0.250 e. The minimum atomic E-state index is -0.273. The largest absolute Gasteiger partial charge is 0.350 e. The third kappa shape index (κ3) is 4.32. The van der Waals surface area contributed by atoms with Gasteiger partial charge in [0.05, 0.1) is 11.7 Å². The van der Waals surface area contributed by atoms with Crippen molar-refractivity contribution in [2.75, 3.05) is 28.7 Å². The number of para-hydroxylation sites is 1. The average Bonchev–Trinajstić information content (AvgIpc) is 3.20. The Hall–Kier alpha value is -4.14. The summed E-state index contributed by atoms with van der Waals surface area (Å²) in [5.74, 6) is 2.42. The Labute approximate surface area is 208 Å². The Balaban J connectivity index is 1.23. The number of piperidine rings is 1. The molecule has 8 nitrogen and oxygen atoms in total. The molecular formula is C27H27FN8. The van der Waals surface area contributed by atoms with Crippen LogP contribution in [0, 0.1) is 23.1 Å². The number of halogens is 1. The number of hydrogen-bond acceptors (Lipinski definition) is 8. The Morgan fingerprint density at radius 2 is 1.83 bits per heavy atom. The highest BCUT2D eigenvalue weighted by molar-refractivity contribution is 5.98. The summed E-state index contributed by atoms with van der Waals surface area (Å²) in [6, 6.07) is 16.3. The lowest BCUT2D eigenvalue weighted by Gasteiger charge is -2.22. The number of nitrogens with zero attached hydrogens (tertiary/aromatic N) is 6. The predicted octanol–water partition coefficient (Wildman–Crippen LogP) is 4.71. The van der Waals surface area contributed by atoms with Gasteiger partial charge in [0.15, 0.2) is 0 Å². The quantitative estimate of drug-likeness (QED) is 0.291. The zero-order valence-electron chi connectivity index (χ0n) is 20.2. The summed E-state index contributed by atoms with van der Waals surface area (Å²) in [6.45, 7) is 6.89. The molecule has 3 heterocycles. The van der Waals surface area contributed by atoms with Crippen LogP contribution < -0.4 is 15.6 Å². The first kappa shape index (κ1) is 22.3. The number of rotatable bonds is 7. The van der Waals surface area contributed by atoms with E-state index in [1.807, 2.05) is 36.4 Å². The van der Waals surface area contributed by atoms with Crippen LogP contribution in [0.25, 0.3) is 10.9 Å². The van der Waals surface area contributed by atoms with Gasteiger partial charge in [-0.3, -0.25) is 4.98 Å². The summed E-state index contributed by atoms with van der Waals surface area (Å²) >= 11 is 0.